The highest BCUT2D eigenvalue weighted by atomic mass is 32.2. The van der Waals surface area contributed by atoms with Gasteiger partial charge in [-0.2, -0.15) is 8.42 Å². The molecule has 9 heteroatoms. The van der Waals surface area contributed by atoms with Crippen LogP contribution in [0, 0.1) is 5.92 Å². The minimum absolute atomic E-state index is 0.0270. The molecule has 0 bridgehead atoms. The second kappa shape index (κ2) is 8.28. The van der Waals surface area contributed by atoms with Crippen molar-refractivity contribution in [2.75, 3.05) is 12.1 Å². The molecule has 0 aliphatic carbocycles. The van der Waals surface area contributed by atoms with E-state index < -0.39 is 28.5 Å². The summed E-state index contributed by atoms with van der Waals surface area (Å²) in [6, 6.07) is 4.69. The second-order valence-corrected chi connectivity index (χ2v) is 5.73. The smallest absolute Gasteiger partial charge is 0.340 e. The minimum atomic E-state index is -2.89. The van der Waals surface area contributed by atoms with E-state index in [1.165, 1.54) is 19.2 Å². The topological polar surface area (TPSA) is 113 Å². The Kier molecular flexibility index (Phi) is 6.70. The molecule has 0 aliphatic heterocycles. The van der Waals surface area contributed by atoms with E-state index in [0.29, 0.717) is 0 Å². The first-order chi connectivity index (χ1) is 10.8. The molecular formula is C14H18N2O6S. The first kappa shape index (κ1) is 18.6. The summed E-state index contributed by atoms with van der Waals surface area (Å²) in [6.07, 6.45) is 0.144. The maximum atomic E-state index is 11.8. The van der Waals surface area contributed by atoms with Crippen molar-refractivity contribution in [2.45, 2.75) is 26.3 Å². The molecule has 1 unspecified atom stereocenters. The van der Waals surface area contributed by atoms with Crippen LogP contribution in [0.4, 0.5) is 5.69 Å². The Labute approximate surface area is 135 Å². The number of ether oxygens (including phenoxy) is 1. The highest BCUT2D eigenvalue weighted by molar-refractivity contribution is 7.61. The number of hydrogen-bond acceptors (Lipinski definition) is 6. The van der Waals surface area contributed by atoms with Gasteiger partial charge in [-0.15, -0.1) is 0 Å². The Morgan fingerprint density at radius 3 is 2.39 bits per heavy atom. The third-order valence-electron chi connectivity index (χ3n) is 2.99. The molecule has 8 nitrogen and oxygen atoms in total. The van der Waals surface area contributed by atoms with Crippen LogP contribution in [0.2, 0.25) is 0 Å². The van der Waals surface area contributed by atoms with Crippen molar-refractivity contribution in [3.8, 4) is 0 Å². The molecule has 0 heterocycles. The zero-order chi connectivity index (χ0) is 17.6. The molecule has 0 saturated carbocycles. The quantitative estimate of drug-likeness (QED) is 0.593. The van der Waals surface area contributed by atoms with Crippen molar-refractivity contribution in [3.05, 3.63) is 29.8 Å². The van der Waals surface area contributed by atoms with Crippen LogP contribution in [0.3, 0.4) is 0 Å². The molecule has 1 atom stereocenters. The fourth-order valence-electron chi connectivity index (χ4n) is 2.05. The summed E-state index contributed by atoms with van der Waals surface area (Å²) in [6.45, 7) is 3.60. The van der Waals surface area contributed by atoms with Crippen LogP contribution in [-0.2, 0) is 20.0 Å². The van der Waals surface area contributed by atoms with E-state index in [4.69, 9.17) is 0 Å². The predicted octanol–water partition coefficient (Wildman–Crippen LogP) is 1.76. The molecule has 1 aromatic carbocycles. The third kappa shape index (κ3) is 5.06. The molecule has 0 spiro atoms. The van der Waals surface area contributed by atoms with Crippen molar-refractivity contribution in [1.29, 1.82) is 0 Å². The average molecular weight is 342 g/mol. The number of carboxylic acid groups (broad SMARTS) is 1. The van der Waals surface area contributed by atoms with Gasteiger partial charge in [-0.3, -0.25) is 0 Å². The van der Waals surface area contributed by atoms with Crippen LogP contribution in [-0.4, -0.2) is 38.6 Å². The average Bonchev–Trinajstić information content (AvgIpc) is 2.49. The number of hydrogen-bond donors (Lipinski definition) is 1. The lowest BCUT2D eigenvalue weighted by Crippen LogP contribution is -2.39. The van der Waals surface area contributed by atoms with Crippen LogP contribution in [0.25, 0.3) is 0 Å². The van der Waals surface area contributed by atoms with Crippen molar-refractivity contribution in [1.82, 2.24) is 0 Å². The van der Waals surface area contributed by atoms with Crippen LogP contribution in [0.15, 0.2) is 28.7 Å². The molecular weight excluding hydrogens is 324 g/mol. The zero-order valence-corrected chi connectivity index (χ0v) is 13.8. The van der Waals surface area contributed by atoms with Gasteiger partial charge >= 0.3 is 22.4 Å². The molecule has 0 fully saturated rings. The Bertz CT molecular complexity index is 706. The van der Waals surface area contributed by atoms with Gasteiger partial charge in [0.05, 0.1) is 18.4 Å². The molecule has 1 rings (SSSR count). The fourth-order valence-corrected chi connectivity index (χ4v) is 2.39. The summed E-state index contributed by atoms with van der Waals surface area (Å²) in [4.78, 5) is 23.4. The summed E-state index contributed by atoms with van der Waals surface area (Å²) in [5.74, 6) is -1.99. The van der Waals surface area contributed by atoms with Crippen LogP contribution in [0.1, 0.15) is 30.6 Å². The molecule has 0 aromatic heterocycles. The van der Waals surface area contributed by atoms with Crippen LogP contribution in [0.5, 0.6) is 0 Å². The second-order valence-electron chi connectivity index (χ2n) is 5.14. The van der Waals surface area contributed by atoms with Crippen LogP contribution < -0.4 is 5.01 Å². The largest absolute Gasteiger partial charge is 0.480 e. The summed E-state index contributed by atoms with van der Waals surface area (Å²) >= 11 is 0. The Hall–Kier alpha value is -2.42. The van der Waals surface area contributed by atoms with Gasteiger partial charge in [-0.05, 0) is 28.9 Å². The van der Waals surface area contributed by atoms with Gasteiger partial charge in [0.1, 0.15) is 0 Å². The number of carboxylic acids is 1. The molecule has 0 amide bonds. The highest BCUT2D eigenvalue weighted by Crippen LogP contribution is 2.26. The maximum Gasteiger partial charge on any atom is 0.340 e. The van der Waals surface area contributed by atoms with E-state index in [1.54, 1.807) is 26.0 Å². The standard InChI is InChI=1S/C14H18N2O6S/c1-9(2)8-12(13(17)18)16(15-23(20)21)11-7-5-4-6-10(11)14(19)22-3/h4-7,9,12H,8H2,1-3H3,(H,17,18). The molecule has 1 N–H and O–H groups in total. The SMILES string of the molecule is COC(=O)c1ccccc1N(N=S(=O)=O)C(CC(C)C)C(=O)O. The number of carbonyl (C=O) groups excluding carboxylic acids is 1. The predicted molar refractivity (Wildman–Crippen MR) is 82.5 cm³/mol. The maximum absolute atomic E-state index is 11.8. The number of para-hydroxylation sites is 1. The molecule has 126 valence electrons. The third-order valence-corrected chi connectivity index (χ3v) is 3.30. The number of esters is 1. The number of aliphatic carboxylic acids is 1. The van der Waals surface area contributed by atoms with E-state index in [-0.39, 0.29) is 23.6 Å². The van der Waals surface area contributed by atoms with Gasteiger partial charge in [0.15, 0.2) is 6.04 Å². The van der Waals surface area contributed by atoms with Gasteiger partial charge in [0, 0.05) is 0 Å². The first-order valence-electron chi connectivity index (χ1n) is 6.78. The number of nitrogens with zero attached hydrogens (tertiary/aromatic N) is 2. The van der Waals surface area contributed by atoms with E-state index in [2.05, 4.69) is 9.21 Å². The molecule has 0 aliphatic rings. The van der Waals surface area contributed by atoms with Crippen LogP contribution >= 0.6 is 0 Å². The number of rotatable bonds is 7. The van der Waals surface area contributed by atoms with Gasteiger partial charge in [-0.1, -0.05) is 26.0 Å². The summed E-state index contributed by atoms with van der Waals surface area (Å²) in [5, 5.41) is 10.3. The minimum Gasteiger partial charge on any atom is -0.480 e. The van der Waals surface area contributed by atoms with E-state index in [1.807, 2.05) is 0 Å². The van der Waals surface area contributed by atoms with Crippen molar-refractivity contribution in [2.24, 2.45) is 10.4 Å². The summed E-state index contributed by atoms with van der Waals surface area (Å²) in [5.41, 5.74) is 0.0795. The number of anilines is 1. The van der Waals surface area contributed by atoms with E-state index >= 15 is 0 Å². The number of benzene rings is 1. The Morgan fingerprint density at radius 1 is 1.30 bits per heavy atom. The van der Waals surface area contributed by atoms with Crippen molar-refractivity contribution in [3.63, 3.8) is 0 Å². The molecule has 0 saturated heterocycles. The van der Waals surface area contributed by atoms with Gasteiger partial charge in [-0.25, -0.2) is 14.6 Å². The number of methoxy groups -OCH3 is 1. The lowest BCUT2D eigenvalue weighted by Gasteiger charge is -2.26. The summed E-state index contributed by atoms with van der Waals surface area (Å²) < 4.78 is 30.1. The number of carbonyl (C=O) groups is 2. The highest BCUT2D eigenvalue weighted by Gasteiger charge is 2.30. The fraction of sp³-hybridized carbons (Fsp3) is 0.429. The monoisotopic (exact) mass is 342 g/mol. The Balaban J connectivity index is 3.51. The first-order valence-corrected chi connectivity index (χ1v) is 7.81. The zero-order valence-electron chi connectivity index (χ0n) is 13.0. The van der Waals surface area contributed by atoms with Crippen molar-refractivity contribution >= 4 is 28.1 Å². The Morgan fingerprint density at radius 2 is 1.91 bits per heavy atom. The van der Waals surface area contributed by atoms with Crippen molar-refractivity contribution < 1.29 is 27.9 Å². The normalized spacial score (nSPS) is 11.7. The lowest BCUT2D eigenvalue weighted by molar-refractivity contribution is -0.139. The summed E-state index contributed by atoms with van der Waals surface area (Å²) in [7, 11) is -1.71. The molecule has 0 radical (unpaired) electrons. The van der Waals surface area contributed by atoms with Gasteiger partial charge < -0.3 is 9.84 Å². The van der Waals surface area contributed by atoms with E-state index in [9.17, 15) is 23.1 Å². The lowest BCUT2D eigenvalue weighted by atomic mass is 10.0. The molecule has 1 aromatic rings. The van der Waals surface area contributed by atoms with E-state index in [0.717, 1.165) is 5.01 Å². The van der Waals surface area contributed by atoms with Gasteiger partial charge in [0.25, 0.3) is 0 Å². The molecule has 23 heavy (non-hydrogen) atoms. The van der Waals surface area contributed by atoms with Gasteiger partial charge in [0.2, 0.25) is 0 Å².